The molecule has 4 rings (SSSR count). The fraction of sp³-hybridized carbons (Fsp3) is 0.360. The summed E-state index contributed by atoms with van der Waals surface area (Å²) < 4.78 is 20.0. The first-order chi connectivity index (χ1) is 15.2. The molecule has 0 bridgehead atoms. The van der Waals surface area contributed by atoms with Gasteiger partial charge in [0, 0.05) is 23.3 Å². The van der Waals surface area contributed by atoms with Gasteiger partial charge in [-0.3, -0.25) is 9.69 Å². The topological polar surface area (TPSA) is 83.3 Å². The summed E-state index contributed by atoms with van der Waals surface area (Å²) in [4.78, 5) is 15.2. The van der Waals surface area contributed by atoms with Crippen LogP contribution in [-0.2, 0) is 4.79 Å². The van der Waals surface area contributed by atoms with Crippen molar-refractivity contribution in [3.8, 4) is 6.07 Å². The molecule has 0 fully saturated rings. The molecule has 0 radical (unpaired) electrons. The molecule has 2 heterocycles. The van der Waals surface area contributed by atoms with Crippen LogP contribution in [0.5, 0.6) is 0 Å². The van der Waals surface area contributed by atoms with Crippen molar-refractivity contribution in [3.05, 3.63) is 70.1 Å². The first-order valence-electron chi connectivity index (χ1n) is 10.6. The molecular formula is C25H26FN3O2S. The Morgan fingerprint density at radius 3 is 2.75 bits per heavy atom. The summed E-state index contributed by atoms with van der Waals surface area (Å²) in [5.41, 5.74) is 9.15. The number of thioether (sulfide) groups is 1. The number of rotatable bonds is 4. The van der Waals surface area contributed by atoms with Gasteiger partial charge in [0.1, 0.15) is 17.4 Å². The molecule has 1 aromatic heterocycles. The Morgan fingerprint density at radius 2 is 2.09 bits per heavy atom. The zero-order valence-electron chi connectivity index (χ0n) is 18.7. The van der Waals surface area contributed by atoms with E-state index in [-0.39, 0.29) is 22.6 Å². The number of nitrogens with zero attached hydrogens (tertiary/aromatic N) is 2. The Morgan fingerprint density at radius 1 is 1.34 bits per heavy atom. The number of allylic oxidation sites excluding steroid dienone is 3. The fourth-order valence-electron chi connectivity index (χ4n) is 4.69. The Bertz CT molecular complexity index is 1200. The van der Waals surface area contributed by atoms with Crippen molar-refractivity contribution in [1.29, 1.82) is 5.26 Å². The largest absolute Gasteiger partial charge is 0.455 e. The number of aryl methyl sites for hydroxylation is 1. The van der Waals surface area contributed by atoms with E-state index in [1.54, 1.807) is 17.0 Å². The van der Waals surface area contributed by atoms with Crippen LogP contribution >= 0.6 is 11.8 Å². The smallest absolute Gasteiger partial charge is 0.164 e. The van der Waals surface area contributed by atoms with Crippen LogP contribution in [-0.4, -0.2) is 11.5 Å². The van der Waals surface area contributed by atoms with Crippen molar-refractivity contribution in [2.24, 2.45) is 11.1 Å². The van der Waals surface area contributed by atoms with E-state index >= 15 is 0 Å². The zero-order chi connectivity index (χ0) is 23.2. The molecule has 0 saturated carbocycles. The Labute approximate surface area is 191 Å². The molecule has 1 unspecified atom stereocenters. The number of anilines is 1. The lowest BCUT2D eigenvalue weighted by atomic mass is 9.69. The second-order valence-electron chi connectivity index (χ2n) is 8.99. The van der Waals surface area contributed by atoms with Crippen LogP contribution < -0.4 is 10.6 Å². The highest BCUT2D eigenvalue weighted by molar-refractivity contribution is 7.99. The summed E-state index contributed by atoms with van der Waals surface area (Å²) >= 11 is 1.53. The van der Waals surface area contributed by atoms with Gasteiger partial charge in [-0.25, -0.2) is 4.39 Å². The van der Waals surface area contributed by atoms with E-state index < -0.39 is 11.7 Å². The van der Waals surface area contributed by atoms with Crippen molar-refractivity contribution in [2.75, 3.05) is 10.7 Å². The predicted molar refractivity (Wildman–Crippen MR) is 123 cm³/mol. The lowest BCUT2D eigenvalue weighted by Crippen LogP contribution is -2.42. The van der Waals surface area contributed by atoms with E-state index in [4.69, 9.17) is 10.2 Å². The average molecular weight is 452 g/mol. The number of Topliss-reactive ketones (excluding diaryl/α,β-unsaturated/α-hetero) is 1. The molecule has 2 N–H and O–H groups in total. The SMILES string of the molecule is CCSc1oc(C)cc1C1C(C#N)=C(N)N(c2cccc(F)c2)C2=C1C(=O)CC(C)(C)C2. The molecule has 2 aromatic rings. The minimum absolute atomic E-state index is 0.0193. The number of hydrogen-bond acceptors (Lipinski definition) is 6. The zero-order valence-corrected chi connectivity index (χ0v) is 19.5. The second kappa shape index (κ2) is 8.18. The summed E-state index contributed by atoms with van der Waals surface area (Å²) in [6.07, 6.45) is 0.943. The van der Waals surface area contributed by atoms with Crippen molar-refractivity contribution in [1.82, 2.24) is 0 Å². The van der Waals surface area contributed by atoms with Crippen LogP contribution in [0.2, 0.25) is 0 Å². The fourth-order valence-corrected chi connectivity index (χ4v) is 5.48. The molecule has 32 heavy (non-hydrogen) atoms. The van der Waals surface area contributed by atoms with E-state index in [1.807, 2.05) is 33.8 Å². The number of nitriles is 1. The van der Waals surface area contributed by atoms with Crippen molar-refractivity contribution in [3.63, 3.8) is 0 Å². The quantitative estimate of drug-likeness (QED) is 0.593. The monoisotopic (exact) mass is 451 g/mol. The van der Waals surface area contributed by atoms with E-state index in [9.17, 15) is 14.4 Å². The van der Waals surface area contributed by atoms with Gasteiger partial charge in [-0.05, 0) is 48.8 Å². The predicted octanol–water partition coefficient (Wildman–Crippen LogP) is 5.78. The van der Waals surface area contributed by atoms with Crippen LogP contribution in [0.3, 0.4) is 0 Å². The standard InChI is InChI=1S/C25H26FN3O2S/c1-5-32-24-17(9-14(2)31-24)21-18(13-27)23(28)29(16-8-6-7-15(26)10-16)19-11-25(3,4)12-20(30)22(19)21/h6-10,21H,5,11-12,28H2,1-4H3. The van der Waals surface area contributed by atoms with Crippen LogP contribution in [0.4, 0.5) is 10.1 Å². The van der Waals surface area contributed by atoms with Crippen molar-refractivity contribution >= 4 is 23.2 Å². The number of furan rings is 1. The van der Waals surface area contributed by atoms with Crippen molar-refractivity contribution < 1.29 is 13.6 Å². The molecule has 5 nitrogen and oxygen atoms in total. The summed E-state index contributed by atoms with van der Waals surface area (Å²) in [6, 6.07) is 10.2. The number of halogens is 1. The summed E-state index contributed by atoms with van der Waals surface area (Å²) in [6.45, 7) is 7.94. The Balaban J connectivity index is 2.01. The highest BCUT2D eigenvalue weighted by Crippen LogP contribution is 2.51. The lowest BCUT2D eigenvalue weighted by molar-refractivity contribution is -0.118. The van der Waals surface area contributed by atoms with E-state index in [1.165, 1.54) is 23.9 Å². The van der Waals surface area contributed by atoms with Crippen LogP contribution in [0.25, 0.3) is 0 Å². The third-order valence-electron chi connectivity index (χ3n) is 5.88. The molecular weight excluding hydrogens is 425 g/mol. The Hall–Kier alpha value is -2.98. The minimum Gasteiger partial charge on any atom is -0.455 e. The van der Waals surface area contributed by atoms with Crippen LogP contribution in [0.15, 0.2) is 62.5 Å². The molecule has 1 aliphatic carbocycles. The molecule has 0 spiro atoms. The van der Waals surface area contributed by atoms with Gasteiger partial charge in [-0.1, -0.05) is 38.6 Å². The van der Waals surface area contributed by atoms with Gasteiger partial charge in [0.2, 0.25) is 0 Å². The second-order valence-corrected chi connectivity index (χ2v) is 10.2. The number of ketones is 1. The molecule has 7 heteroatoms. The number of carbonyl (C=O) groups is 1. The van der Waals surface area contributed by atoms with Crippen LogP contribution in [0, 0.1) is 29.5 Å². The number of nitrogens with two attached hydrogens (primary N) is 1. The van der Waals surface area contributed by atoms with Gasteiger partial charge in [-0.15, -0.1) is 0 Å². The Kier molecular flexibility index (Phi) is 5.68. The third kappa shape index (κ3) is 3.73. The molecule has 1 aliphatic heterocycles. The molecule has 0 saturated heterocycles. The van der Waals surface area contributed by atoms with Gasteiger partial charge < -0.3 is 10.2 Å². The number of hydrogen-bond donors (Lipinski definition) is 1. The van der Waals surface area contributed by atoms with Crippen LogP contribution in [0.1, 0.15) is 50.9 Å². The molecule has 2 aliphatic rings. The molecule has 166 valence electrons. The number of carbonyl (C=O) groups excluding carboxylic acids is 1. The van der Waals surface area contributed by atoms with Gasteiger partial charge in [0.05, 0.1) is 23.2 Å². The van der Waals surface area contributed by atoms with Gasteiger partial charge >= 0.3 is 0 Å². The molecule has 1 atom stereocenters. The maximum Gasteiger partial charge on any atom is 0.164 e. The van der Waals surface area contributed by atoms with E-state index in [0.29, 0.717) is 35.0 Å². The molecule has 0 amide bonds. The van der Waals surface area contributed by atoms with E-state index in [2.05, 4.69) is 6.07 Å². The summed E-state index contributed by atoms with van der Waals surface area (Å²) in [5.74, 6) is 0.690. The summed E-state index contributed by atoms with van der Waals surface area (Å²) in [7, 11) is 0. The first-order valence-corrected chi connectivity index (χ1v) is 11.6. The lowest BCUT2D eigenvalue weighted by Gasteiger charge is -2.43. The maximum absolute atomic E-state index is 14.1. The highest BCUT2D eigenvalue weighted by Gasteiger charge is 2.45. The van der Waals surface area contributed by atoms with Crippen molar-refractivity contribution in [2.45, 2.75) is 51.5 Å². The maximum atomic E-state index is 14.1. The summed E-state index contributed by atoms with van der Waals surface area (Å²) in [5, 5.41) is 10.9. The number of benzene rings is 1. The highest BCUT2D eigenvalue weighted by atomic mass is 32.2. The van der Waals surface area contributed by atoms with Gasteiger partial charge in [0.15, 0.2) is 10.9 Å². The third-order valence-corrected chi connectivity index (χ3v) is 6.75. The first kappa shape index (κ1) is 22.2. The minimum atomic E-state index is -0.602. The van der Waals surface area contributed by atoms with E-state index in [0.717, 1.165) is 17.0 Å². The molecule has 1 aromatic carbocycles. The normalized spacial score (nSPS) is 20.4. The van der Waals surface area contributed by atoms with Gasteiger partial charge in [0.25, 0.3) is 0 Å². The van der Waals surface area contributed by atoms with Gasteiger partial charge in [-0.2, -0.15) is 5.26 Å². The average Bonchev–Trinajstić information content (AvgIpc) is 3.06.